The topological polar surface area (TPSA) is 35.3 Å². The molecule has 2 aliphatic rings. The highest BCUT2D eigenvalue weighted by atomic mass is 16.7. The van der Waals surface area contributed by atoms with Crippen LogP contribution in [0.5, 0.6) is 0 Å². The standard InChI is InChI=1S/C12H18N2O2/c1-2-7-14(8-3-1)9-4-5-10-15-12-6-11-16-13-12/h1-3,6-11H2/p+1. The number of piperidine rings is 1. The Morgan fingerprint density at radius 1 is 1.25 bits per heavy atom. The van der Waals surface area contributed by atoms with Crippen LogP contribution in [-0.2, 0) is 9.57 Å². The van der Waals surface area contributed by atoms with Gasteiger partial charge in [-0.05, 0) is 25.2 Å². The van der Waals surface area contributed by atoms with Crippen molar-refractivity contribution in [2.75, 3.05) is 32.8 Å². The van der Waals surface area contributed by atoms with E-state index in [0.717, 1.165) is 13.0 Å². The van der Waals surface area contributed by atoms with Crippen molar-refractivity contribution in [1.29, 1.82) is 0 Å². The van der Waals surface area contributed by atoms with E-state index in [1.807, 2.05) is 0 Å². The van der Waals surface area contributed by atoms with Gasteiger partial charge in [-0.1, -0.05) is 11.1 Å². The average molecular weight is 223 g/mol. The summed E-state index contributed by atoms with van der Waals surface area (Å²) >= 11 is 0. The van der Waals surface area contributed by atoms with Gasteiger partial charge in [0.05, 0.1) is 19.5 Å². The molecule has 2 rings (SSSR count). The van der Waals surface area contributed by atoms with E-state index in [1.165, 1.54) is 32.4 Å². The number of likely N-dealkylation sites (tertiary alicyclic amines) is 1. The fraction of sp³-hybridized carbons (Fsp3) is 0.750. The van der Waals surface area contributed by atoms with Gasteiger partial charge in [0.25, 0.3) is 0 Å². The van der Waals surface area contributed by atoms with E-state index in [-0.39, 0.29) is 0 Å². The number of ether oxygens (including phenoxy) is 1. The van der Waals surface area contributed by atoms with Crippen molar-refractivity contribution >= 4 is 5.90 Å². The minimum absolute atomic E-state index is 0.440. The first-order valence-corrected chi connectivity index (χ1v) is 6.06. The molecule has 0 saturated carbocycles. The largest absolute Gasteiger partial charge is 0.465 e. The van der Waals surface area contributed by atoms with E-state index in [4.69, 9.17) is 9.57 Å². The van der Waals surface area contributed by atoms with Gasteiger partial charge in [0.15, 0.2) is 6.61 Å². The van der Waals surface area contributed by atoms with Crippen LogP contribution in [-0.4, -0.2) is 38.7 Å². The number of rotatable bonds is 2. The van der Waals surface area contributed by atoms with Crippen molar-refractivity contribution in [2.24, 2.45) is 5.16 Å². The fourth-order valence-corrected chi connectivity index (χ4v) is 1.98. The Kier molecular flexibility index (Phi) is 4.50. The van der Waals surface area contributed by atoms with Crippen LogP contribution in [0.15, 0.2) is 5.16 Å². The number of hydrogen-bond donors (Lipinski definition) is 1. The molecule has 0 unspecified atom stereocenters. The highest BCUT2D eigenvalue weighted by molar-refractivity contribution is 5.76. The maximum atomic E-state index is 5.33. The third-order valence-corrected chi connectivity index (χ3v) is 2.91. The molecule has 0 amide bonds. The van der Waals surface area contributed by atoms with Gasteiger partial charge < -0.3 is 14.5 Å². The summed E-state index contributed by atoms with van der Waals surface area (Å²) in [6.45, 7) is 4.58. The molecule has 4 heteroatoms. The first kappa shape index (κ1) is 11.3. The molecule has 0 aromatic heterocycles. The quantitative estimate of drug-likeness (QED) is 0.659. The maximum absolute atomic E-state index is 5.33. The zero-order valence-corrected chi connectivity index (χ0v) is 9.63. The smallest absolute Gasteiger partial charge is 0.230 e. The van der Waals surface area contributed by atoms with Gasteiger partial charge in [0, 0.05) is 0 Å². The molecule has 0 spiro atoms. The van der Waals surface area contributed by atoms with Crippen LogP contribution >= 0.6 is 0 Å². The number of quaternary nitrogens is 1. The van der Waals surface area contributed by atoms with E-state index < -0.39 is 0 Å². The van der Waals surface area contributed by atoms with Crippen LogP contribution in [0, 0.1) is 11.8 Å². The van der Waals surface area contributed by atoms with Crippen LogP contribution in [0.1, 0.15) is 25.7 Å². The van der Waals surface area contributed by atoms with Crippen molar-refractivity contribution < 1.29 is 14.5 Å². The van der Waals surface area contributed by atoms with Crippen LogP contribution in [0.25, 0.3) is 0 Å². The lowest BCUT2D eigenvalue weighted by atomic mass is 10.1. The zero-order valence-electron chi connectivity index (χ0n) is 9.63. The zero-order chi connectivity index (χ0) is 11.1. The normalized spacial score (nSPS) is 20.6. The second-order valence-corrected chi connectivity index (χ2v) is 4.20. The SMILES string of the molecule is C(#CC[NH+]1CCCCC1)COC1=NOCC1. The Morgan fingerprint density at radius 2 is 2.12 bits per heavy atom. The highest BCUT2D eigenvalue weighted by Gasteiger charge is 2.11. The molecule has 16 heavy (non-hydrogen) atoms. The summed E-state index contributed by atoms with van der Waals surface area (Å²) in [4.78, 5) is 6.43. The summed E-state index contributed by atoms with van der Waals surface area (Å²) in [5.41, 5.74) is 0. The van der Waals surface area contributed by atoms with E-state index in [9.17, 15) is 0 Å². The van der Waals surface area contributed by atoms with Crippen molar-refractivity contribution in [3.63, 3.8) is 0 Å². The molecule has 0 bridgehead atoms. The van der Waals surface area contributed by atoms with E-state index >= 15 is 0 Å². The predicted molar refractivity (Wildman–Crippen MR) is 61.1 cm³/mol. The first-order chi connectivity index (χ1) is 7.95. The molecule has 1 saturated heterocycles. The molecule has 2 heterocycles. The third kappa shape index (κ3) is 3.74. The second-order valence-electron chi connectivity index (χ2n) is 4.20. The summed E-state index contributed by atoms with van der Waals surface area (Å²) in [6.07, 6.45) is 4.86. The van der Waals surface area contributed by atoms with Gasteiger partial charge >= 0.3 is 0 Å². The van der Waals surface area contributed by atoms with Gasteiger partial charge in [-0.3, -0.25) is 0 Å². The van der Waals surface area contributed by atoms with Crippen LogP contribution in [0.3, 0.4) is 0 Å². The lowest BCUT2D eigenvalue weighted by molar-refractivity contribution is -0.897. The summed E-state index contributed by atoms with van der Waals surface area (Å²) < 4.78 is 5.33. The number of nitrogens with zero attached hydrogens (tertiary/aromatic N) is 1. The summed E-state index contributed by atoms with van der Waals surface area (Å²) in [6, 6.07) is 0. The molecule has 0 radical (unpaired) electrons. The molecule has 0 aromatic carbocycles. The van der Waals surface area contributed by atoms with Crippen molar-refractivity contribution in [1.82, 2.24) is 0 Å². The Morgan fingerprint density at radius 3 is 2.88 bits per heavy atom. The summed E-state index contributed by atoms with van der Waals surface area (Å²) in [7, 11) is 0. The van der Waals surface area contributed by atoms with Gasteiger partial charge in [0.2, 0.25) is 5.90 Å². The Labute approximate surface area is 96.6 Å². The monoisotopic (exact) mass is 223 g/mol. The Bertz CT molecular complexity index is 298. The minimum Gasteiger partial charge on any atom is -0.465 e. The van der Waals surface area contributed by atoms with Crippen molar-refractivity contribution in [3.05, 3.63) is 0 Å². The summed E-state index contributed by atoms with van der Waals surface area (Å²) in [5, 5.41) is 3.74. The van der Waals surface area contributed by atoms with Gasteiger partial charge in [0.1, 0.15) is 13.2 Å². The van der Waals surface area contributed by atoms with Crippen LogP contribution < -0.4 is 4.90 Å². The third-order valence-electron chi connectivity index (χ3n) is 2.91. The molecule has 1 N–H and O–H groups in total. The van der Waals surface area contributed by atoms with E-state index in [1.54, 1.807) is 4.90 Å². The molecule has 88 valence electrons. The van der Waals surface area contributed by atoms with Gasteiger partial charge in [-0.2, -0.15) is 0 Å². The number of nitrogens with one attached hydrogen (secondary N) is 1. The van der Waals surface area contributed by atoms with Crippen LogP contribution in [0.4, 0.5) is 0 Å². The molecular formula is C12H19N2O2+. The van der Waals surface area contributed by atoms with Crippen molar-refractivity contribution in [2.45, 2.75) is 25.7 Å². The molecule has 0 aromatic rings. The minimum atomic E-state index is 0.440. The van der Waals surface area contributed by atoms with Crippen molar-refractivity contribution in [3.8, 4) is 11.8 Å². The lowest BCUT2D eigenvalue weighted by Gasteiger charge is -2.20. The number of hydrogen-bond acceptors (Lipinski definition) is 3. The summed E-state index contributed by atoms with van der Waals surface area (Å²) in [5.74, 6) is 6.88. The number of oxime groups is 1. The molecule has 1 fully saturated rings. The Hall–Kier alpha value is -1.21. The molecular weight excluding hydrogens is 204 g/mol. The Balaban J connectivity index is 1.58. The average Bonchev–Trinajstić information content (AvgIpc) is 2.83. The first-order valence-electron chi connectivity index (χ1n) is 6.06. The van der Waals surface area contributed by atoms with Crippen LogP contribution in [0.2, 0.25) is 0 Å². The van der Waals surface area contributed by atoms with Gasteiger partial charge in [-0.15, -0.1) is 0 Å². The highest BCUT2D eigenvalue weighted by Crippen LogP contribution is 2.00. The molecule has 0 atom stereocenters. The maximum Gasteiger partial charge on any atom is 0.230 e. The molecule has 4 nitrogen and oxygen atoms in total. The fourth-order valence-electron chi connectivity index (χ4n) is 1.98. The molecule has 2 aliphatic heterocycles. The molecule has 0 aliphatic carbocycles. The van der Waals surface area contributed by atoms with E-state index in [2.05, 4.69) is 17.0 Å². The van der Waals surface area contributed by atoms with E-state index in [0.29, 0.717) is 19.1 Å². The lowest BCUT2D eigenvalue weighted by Crippen LogP contribution is -3.12. The van der Waals surface area contributed by atoms with Gasteiger partial charge in [-0.25, -0.2) is 0 Å². The predicted octanol–water partition coefficient (Wildman–Crippen LogP) is -0.191. The second kappa shape index (κ2) is 6.39.